The Morgan fingerprint density at radius 1 is 1.33 bits per heavy atom. The van der Waals surface area contributed by atoms with Crippen LogP contribution in [0, 0.1) is 0 Å². The summed E-state index contributed by atoms with van der Waals surface area (Å²) in [4.78, 5) is 11.9. The van der Waals surface area contributed by atoms with Crippen LogP contribution in [0.3, 0.4) is 0 Å². The minimum Gasteiger partial charge on any atom is -0.472 e. The predicted octanol–water partition coefficient (Wildman–Crippen LogP) is 2.75. The van der Waals surface area contributed by atoms with E-state index in [4.69, 9.17) is 21.8 Å². The molecular formula is C11H8ClNO2. The third-order valence-electron chi connectivity index (χ3n) is 2.04. The molecule has 15 heavy (non-hydrogen) atoms. The quantitative estimate of drug-likeness (QED) is 0.627. The Labute approximate surface area is 91.5 Å². The summed E-state index contributed by atoms with van der Waals surface area (Å²) in [5.74, 6) is -0.191. The number of nitrogens with two attached hydrogens (primary N) is 1. The maximum Gasteiger partial charge on any atom is 0.198 e. The first-order valence-corrected chi connectivity index (χ1v) is 4.68. The van der Waals surface area contributed by atoms with E-state index in [2.05, 4.69) is 0 Å². The van der Waals surface area contributed by atoms with Crippen molar-refractivity contribution in [2.75, 3.05) is 5.73 Å². The molecule has 0 radical (unpaired) electrons. The number of nitrogen functional groups attached to an aromatic ring is 1. The Hall–Kier alpha value is -1.74. The maximum absolute atomic E-state index is 11.9. The van der Waals surface area contributed by atoms with Crippen LogP contribution in [0.5, 0.6) is 0 Å². The molecule has 1 aromatic carbocycles. The monoisotopic (exact) mass is 221 g/mol. The summed E-state index contributed by atoms with van der Waals surface area (Å²) in [6.45, 7) is 0. The van der Waals surface area contributed by atoms with E-state index in [-0.39, 0.29) is 5.78 Å². The summed E-state index contributed by atoms with van der Waals surface area (Å²) in [6, 6.07) is 6.38. The van der Waals surface area contributed by atoms with Crippen molar-refractivity contribution in [1.29, 1.82) is 0 Å². The Morgan fingerprint density at radius 3 is 2.80 bits per heavy atom. The van der Waals surface area contributed by atoms with Crippen molar-refractivity contribution in [1.82, 2.24) is 0 Å². The zero-order valence-electron chi connectivity index (χ0n) is 7.74. The van der Waals surface area contributed by atoms with Crippen LogP contribution >= 0.6 is 11.6 Å². The topological polar surface area (TPSA) is 56.2 Å². The van der Waals surface area contributed by atoms with Gasteiger partial charge in [-0.2, -0.15) is 0 Å². The number of furan rings is 1. The van der Waals surface area contributed by atoms with Crippen molar-refractivity contribution in [2.45, 2.75) is 0 Å². The van der Waals surface area contributed by atoms with Crippen LogP contribution < -0.4 is 5.73 Å². The summed E-state index contributed by atoms with van der Waals surface area (Å²) in [5, 5.41) is 0.482. The van der Waals surface area contributed by atoms with Crippen molar-refractivity contribution < 1.29 is 9.21 Å². The van der Waals surface area contributed by atoms with E-state index in [1.807, 2.05) is 0 Å². The molecule has 0 aliphatic rings. The first-order chi connectivity index (χ1) is 7.18. The number of anilines is 1. The zero-order chi connectivity index (χ0) is 10.8. The van der Waals surface area contributed by atoms with Crippen molar-refractivity contribution in [3.8, 4) is 0 Å². The lowest BCUT2D eigenvalue weighted by molar-refractivity contribution is 0.103. The summed E-state index contributed by atoms with van der Waals surface area (Å²) in [5.41, 5.74) is 6.95. The Balaban J connectivity index is 2.46. The van der Waals surface area contributed by atoms with E-state index < -0.39 is 0 Å². The third kappa shape index (κ3) is 1.87. The Kier molecular flexibility index (Phi) is 2.47. The average Bonchev–Trinajstić information content (AvgIpc) is 2.74. The number of carbonyl (C=O) groups is 1. The minimum atomic E-state index is -0.191. The summed E-state index contributed by atoms with van der Waals surface area (Å²) >= 11 is 5.79. The second-order valence-electron chi connectivity index (χ2n) is 3.07. The summed E-state index contributed by atoms with van der Waals surface area (Å²) in [7, 11) is 0. The fourth-order valence-electron chi connectivity index (χ4n) is 1.27. The fourth-order valence-corrected chi connectivity index (χ4v) is 1.45. The highest BCUT2D eigenvalue weighted by Gasteiger charge is 2.13. The molecule has 0 unspecified atom stereocenters. The number of halogens is 1. The molecule has 1 aromatic heterocycles. The third-order valence-corrected chi connectivity index (χ3v) is 2.28. The molecule has 0 aliphatic heterocycles. The molecule has 0 atom stereocenters. The highest BCUT2D eigenvalue weighted by Crippen LogP contribution is 2.21. The molecule has 2 rings (SSSR count). The first-order valence-electron chi connectivity index (χ1n) is 4.30. The molecule has 3 nitrogen and oxygen atoms in total. The highest BCUT2D eigenvalue weighted by atomic mass is 35.5. The molecule has 4 heteroatoms. The molecule has 2 aromatic rings. The lowest BCUT2D eigenvalue weighted by Gasteiger charge is -2.03. The Morgan fingerprint density at radius 2 is 2.13 bits per heavy atom. The van der Waals surface area contributed by atoms with Gasteiger partial charge in [0.05, 0.1) is 11.8 Å². The largest absolute Gasteiger partial charge is 0.472 e. The van der Waals surface area contributed by atoms with Crippen LogP contribution in [-0.2, 0) is 0 Å². The van der Waals surface area contributed by atoms with Gasteiger partial charge in [-0.3, -0.25) is 4.79 Å². The van der Waals surface area contributed by atoms with Crippen molar-refractivity contribution >= 4 is 23.1 Å². The maximum atomic E-state index is 11.9. The van der Waals surface area contributed by atoms with Gasteiger partial charge >= 0.3 is 0 Å². The van der Waals surface area contributed by atoms with Crippen molar-refractivity contribution in [3.05, 3.63) is 52.9 Å². The number of benzene rings is 1. The van der Waals surface area contributed by atoms with E-state index >= 15 is 0 Å². The van der Waals surface area contributed by atoms with Gasteiger partial charge in [-0.05, 0) is 24.3 Å². The van der Waals surface area contributed by atoms with Crippen LogP contribution in [-0.4, -0.2) is 5.78 Å². The normalized spacial score (nSPS) is 10.2. The van der Waals surface area contributed by atoms with Crippen LogP contribution in [0.4, 0.5) is 5.69 Å². The lowest BCUT2D eigenvalue weighted by atomic mass is 10.0. The molecule has 0 saturated heterocycles. The Bertz CT molecular complexity index is 491. The van der Waals surface area contributed by atoms with E-state index in [0.29, 0.717) is 21.8 Å². The van der Waals surface area contributed by atoms with Crippen molar-refractivity contribution in [2.24, 2.45) is 0 Å². The van der Waals surface area contributed by atoms with Crippen LogP contribution in [0.25, 0.3) is 0 Å². The number of hydrogen-bond donors (Lipinski definition) is 1. The standard InChI is InChI=1S/C11H8ClNO2/c12-8-1-2-10(13)9(5-8)11(14)7-3-4-15-6-7/h1-6H,13H2. The molecule has 0 spiro atoms. The van der Waals surface area contributed by atoms with Gasteiger partial charge in [0.25, 0.3) is 0 Å². The second-order valence-corrected chi connectivity index (χ2v) is 3.51. The molecule has 0 aliphatic carbocycles. The van der Waals surface area contributed by atoms with Crippen LogP contribution in [0.2, 0.25) is 5.02 Å². The summed E-state index contributed by atoms with van der Waals surface area (Å²) < 4.78 is 4.83. The van der Waals surface area contributed by atoms with E-state index in [1.165, 1.54) is 12.5 Å². The molecule has 0 bridgehead atoms. The number of hydrogen-bond acceptors (Lipinski definition) is 3. The van der Waals surface area contributed by atoms with Gasteiger partial charge < -0.3 is 10.2 Å². The van der Waals surface area contributed by atoms with Gasteiger partial charge in [-0.15, -0.1) is 0 Å². The molecule has 1 heterocycles. The summed E-state index contributed by atoms with van der Waals surface area (Å²) in [6.07, 6.45) is 2.82. The number of ketones is 1. The van der Waals surface area contributed by atoms with Crippen LogP contribution in [0.15, 0.2) is 41.2 Å². The van der Waals surface area contributed by atoms with Gasteiger partial charge in [0, 0.05) is 16.3 Å². The van der Waals surface area contributed by atoms with E-state index in [1.54, 1.807) is 24.3 Å². The second kappa shape index (κ2) is 3.79. The molecule has 76 valence electrons. The first kappa shape index (κ1) is 9.80. The molecule has 0 amide bonds. The smallest absolute Gasteiger partial charge is 0.198 e. The van der Waals surface area contributed by atoms with Gasteiger partial charge in [0.15, 0.2) is 5.78 Å². The molecule has 0 fully saturated rings. The minimum absolute atomic E-state index is 0.191. The number of carbonyl (C=O) groups excluding carboxylic acids is 1. The van der Waals surface area contributed by atoms with E-state index in [0.717, 1.165) is 0 Å². The predicted molar refractivity (Wildman–Crippen MR) is 58.0 cm³/mol. The zero-order valence-corrected chi connectivity index (χ0v) is 8.49. The van der Waals surface area contributed by atoms with Gasteiger partial charge in [0.2, 0.25) is 0 Å². The lowest BCUT2D eigenvalue weighted by Crippen LogP contribution is -2.04. The van der Waals surface area contributed by atoms with Crippen LogP contribution in [0.1, 0.15) is 15.9 Å². The fraction of sp³-hybridized carbons (Fsp3) is 0. The number of rotatable bonds is 2. The molecule has 2 N–H and O–H groups in total. The SMILES string of the molecule is Nc1ccc(Cl)cc1C(=O)c1ccoc1. The van der Waals surface area contributed by atoms with Gasteiger partial charge in [-0.25, -0.2) is 0 Å². The van der Waals surface area contributed by atoms with Gasteiger partial charge in [-0.1, -0.05) is 11.6 Å². The van der Waals surface area contributed by atoms with E-state index in [9.17, 15) is 4.79 Å². The average molecular weight is 222 g/mol. The highest BCUT2D eigenvalue weighted by molar-refractivity contribution is 6.31. The van der Waals surface area contributed by atoms with Gasteiger partial charge in [0.1, 0.15) is 6.26 Å². The molecular weight excluding hydrogens is 214 g/mol. The van der Waals surface area contributed by atoms with Crippen molar-refractivity contribution in [3.63, 3.8) is 0 Å². The molecule has 0 saturated carbocycles.